The van der Waals surface area contributed by atoms with E-state index in [1.165, 1.54) is 0 Å². The van der Waals surface area contributed by atoms with Crippen molar-refractivity contribution < 1.29 is 14.3 Å². The second-order valence-electron chi connectivity index (χ2n) is 5.33. The monoisotopic (exact) mass is 309 g/mol. The van der Waals surface area contributed by atoms with Crippen molar-refractivity contribution in [3.63, 3.8) is 0 Å². The second kappa shape index (κ2) is 6.59. The number of nitrogens with zero attached hydrogens (tertiary/aromatic N) is 1. The average Bonchev–Trinajstić information content (AvgIpc) is 2.39. The number of hydrogen-bond acceptors (Lipinski definition) is 6. The van der Waals surface area contributed by atoms with Crippen LogP contribution in [0.25, 0.3) is 0 Å². The highest BCUT2D eigenvalue weighted by Gasteiger charge is 2.28. The normalized spacial score (nSPS) is 14.4. The van der Waals surface area contributed by atoms with Gasteiger partial charge in [-0.3, -0.25) is 23.9 Å². The molecule has 0 aromatic carbocycles. The molecule has 0 aliphatic heterocycles. The van der Waals surface area contributed by atoms with Crippen LogP contribution in [0.1, 0.15) is 43.0 Å². The molecule has 1 aromatic rings. The van der Waals surface area contributed by atoms with Crippen molar-refractivity contribution in [2.75, 3.05) is 12.3 Å². The molecule has 0 atom stereocenters. The van der Waals surface area contributed by atoms with E-state index in [-0.39, 0.29) is 23.8 Å². The third kappa shape index (κ3) is 3.10. The molecule has 0 bridgehead atoms. The molecule has 3 N–H and O–H groups in total. The van der Waals surface area contributed by atoms with Gasteiger partial charge in [-0.15, -0.1) is 0 Å². The van der Waals surface area contributed by atoms with Gasteiger partial charge in [-0.2, -0.15) is 0 Å². The number of rotatable bonds is 6. The Hall–Kier alpha value is -2.38. The number of ketones is 1. The Morgan fingerprint density at radius 2 is 2.05 bits per heavy atom. The van der Waals surface area contributed by atoms with Gasteiger partial charge < -0.3 is 10.5 Å². The lowest BCUT2D eigenvalue weighted by Crippen LogP contribution is -2.37. The zero-order valence-electron chi connectivity index (χ0n) is 12.4. The van der Waals surface area contributed by atoms with Crippen molar-refractivity contribution in [3.05, 3.63) is 26.4 Å². The summed E-state index contributed by atoms with van der Waals surface area (Å²) >= 11 is 0. The average molecular weight is 309 g/mol. The van der Waals surface area contributed by atoms with Crippen LogP contribution in [0.5, 0.6) is 0 Å². The first kappa shape index (κ1) is 16.0. The number of ether oxygens (including phenoxy) is 1. The van der Waals surface area contributed by atoms with Gasteiger partial charge in [0.25, 0.3) is 5.56 Å². The van der Waals surface area contributed by atoms with E-state index in [0.717, 1.165) is 23.8 Å². The zero-order chi connectivity index (χ0) is 16.3. The Morgan fingerprint density at radius 1 is 1.36 bits per heavy atom. The molecule has 120 valence electrons. The van der Waals surface area contributed by atoms with Crippen LogP contribution in [0.2, 0.25) is 0 Å². The number of H-pyrrole nitrogens is 1. The first-order valence-corrected chi connectivity index (χ1v) is 7.28. The summed E-state index contributed by atoms with van der Waals surface area (Å²) in [5.41, 5.74) is 3.90. The molecule has 0 radical (unpaired) electrons. The maximum absolute atomic E-state index is 12.1. The largest absolute Gasteiger partial charge is 0.457 e. The molecule has 1 aliphatic carbocycles. The summed E-state index contributed by atoms with van der Waals surface area (Å²) < 4.78 is 6.05. The molecule has 0 amide bonds. The molecule has 0 spiro atoms. The van der Waals surface area contributed by atoms with E-state index in [0.29, 0.717) is 6.42 Å². The van der Waals surface area contributed by atoms with Crippen LogP contribution in [-0.4, -0.2) is 27.9 Å². The Bertz CT molecular complexity index is 699. The van der Waals surface area contributed by atoms with Crippen molar-refractivity contribution in [2.24, 2.45) is 5.92 Å². The minimum absolute atomic E-state index is 0.155. The fourth-order valence-electron chi connectivity index (χ4n) is 2.27. The first-order chi connectivity index (χ1) is 10.5. The van der Waals surface area contributed by atoms with Crippen LogP contribution in [0.3, 0.4) is 0 Å². The topological polar surface area (TPSA) is 124 Å². The Balaban J connectivity index is 2.18. The molecular weight excluding hydrogens is 290 g/mol. The maximum atomic E-state index is 12.1. The second-order valence-corrected chi connectivity index (χ2v) is 5.33. The van der Waals surface area contributed by atoms with E-state index in [1.54, 1.807) is 0 Å². The van der Waals surface area contributed by atoms with Crippen LogP contribution in [0.15, 0.2) is 9.59 Å². The van der Waals surface area contributed by atoms with Crippen molar-refractivity contribution in [2.45, 2.75) is 39.2 Å². The summed E-state index contributed by atoms with van der Waals surface area (Å²) in [5.74, 6) is -1.49. The van der Waals surface area contributed by atoms with Crippen LogP contribution in [-0.2, 0) is 16.1 Å². The number of anilines is 1. The van der Waals surface area contributed by atoms with Gasteiger partial charge in [0.05, 0.1) is 5.92 Å². The summed E-state index contributed by atoms with van der Waals surface area (Å²) in [4.78, 5) is 49.2. The van der Waals surface area contributed by atoms with Gasteiger partial charge >= 0.3 is 11.7 Å². The lowest BCUT2D eigenvalue weighted by atomic mass is 9.86. The summed E-state index contributed by atoms with van der Waals surface area (Å²) in [6.45, 7) is 1.56. The Morgan fingerprint density at radius 3 is 2.59 bits per heavy atom. The van der Waals surface area contributed by atoms with E-state index in [1.807, 2.05) is 6.92 Å². The fourth-order valence-corrected chi connectivity index (χ4v) is 2.27. The van der Waals surface area contributed by atoms with E-state index in [2.05, 4.69) is 4.98 Å². The van der Waals surface area contributed by atoms with Gasteiger partial charge in [0.2, 0.25) is 5.78 Å². The molecule has 0 saturated heterocycles. The highest BCUT2D eigenvalue weighted by Crippen LogP contribution is 2.27. The number of aromatic nitrogens is 2. The third-order valence-electron chi connectivity index (χ3n) is 3.75. The number of nitrogen functional groups attached to an aromatic ring is 1. The number of esters is 1. The van der Waals surface area contributed by atoms with Gasteiger partial charge in [-0.25, -0.2) is 4.79 Å². The minimum Gasteiger partial charge on any atom is -0.457 e. The number of carbonyl (C=O) groups is 2. The van der Waals surface area contributed by atoms with E-state index in [9.17, 15) is 19.2 Å². The summed E-state index contributed by atoms with van der Waals surface area (Å²) in [6, 6.07) is 0. The predicted molar refractivity (Wildman–Crippen MR) is 78.7 cm³/mol. The van der Waals surface area contributed by atoms with Crippen LogP contribution >= 0.6 is 0 Å². The molecule has 1 heterocycles. The van der Waals surface area contributed by atoms with E-state index >= 15 is 0 Å². The minimum atomic E-state index is -0.862. The van der Waals surface area contributed by atoms with Gasteiger partial charge in [0.15, 0.2) is 6.61 Å². The van der Waals surface area contributed by atoms with Crippen molar-refractivity contribution in [1.29, 1.82) is 0 Å². The lowest BCUT2D eigenvalue weighted by molar-refractivity contribution is -0.150. The quantitative estimate of drug-likeness (QED) is 0.565. The van der Waals surface area contributed by atoms with Gasteiger partial charge in [0, 0.05) is 6.54 Å². The van der Waals surface area contributed by atoms with E-state index in [4.69, 9.17) is 10.5 Å². The highest BCUT2D eigenvalue weighted by molar-refractivity contribution is 6.01. The Labute approximate surface area is 126 Å². The standard InChI is InChI=1S/C14H19N3O5/c1-2-6-17-11(15)10(12(19)16-14(17)21)9(18)7-22-13(20)8-4-3-5-8/h8H,2-7,15H2,1H3,(H,16,19,21). The SMILES string of the molecule is CCCn1c(N)c(C(=O)COC(=O)C2CCC2)c(=O)[nH]c1=O. The zero-order valence-corrected chi connectivity index (χ0v) is 12.4. The number of nitrogens with one attached hydrogen (secondary N) is 1. The van der Waals surface area contributed by atoms with E-state index < -0.39 is 29.6 Å². The van der Waals surface area contributed by atoms with Crippen LogP contribution in [0.4, 0.5) is 5.82 Å². The molecule has 8 heteroatoms. The molecule has 22 heavy (non-hydrogen) atoms. The number of Topliss-reactive ketones (excluding diaryl/α,β-unsaturated/α-hetero) is 1. The molecule has 1 aromatic heterocycles. The number of carbonyl (C=O) groups excluding carboxylic acids is 2. The molecular formula is C14H19N3O5. The highest BCUT2D eigenvalue weighted by atomic mass is 16.5. The number of nitrogens with two attached hydrogens (primary N) is 1. The smallest absolute Gasteiger partial charge is 0.329 e. The molecule has 0 unspecified atom stereocenters. The van der Waals surface area contributed by atoms with Crippen molar-refractivity contribution in [1.82, 2.24) is 9.55 Å². The van der Waals surface area contributed by atoms with Gasteiger partial charge in [0.1, 0.15) is 11.4 Å². The summed E-state index contributed by atoms with van der Waals surface area (Å²) in [7, 11) is 0. The predicted octanol–water partition coefficient (Wildman–Crippen LogP) is 0.0548. The van der Waals surface area contributed by atoms with Crippen molar-refractivity contribution >= 4 is 17.6 Å². The summed E-state index contributed by atoms with van der Waals surface area (Å²) in [5, 5.41) is 0. The molecule has 1 aliphatic rings. The van der Waals surface area contributed by atoms with Crippen molar-refractivity contribution in [3.8, 4) is 0 Å². The van der Waals surface area contributed by atoms with Crippen LogP contribution < -0.4 is 17.0 Å². The number of hydrogen-bond donors (Lipinski definition) is 2. The molecule has 8 nitrogen and oxygen atoms in total. The third-order valence-corrected chi connectivity index (χ3v) is 3.75. The van der Waals surface area contributed by atoms with Crippen LogP contribution in [0, 0.1) is 5.92 Å². The molecule has 1 saturated carbocycles. The Kier molecular flexibility index (Phi) is 4.79. The molecule has 2 rings (SSSR count). The van der Waals surface area contributed by atoms with Gasteiger partial charge in [-0.05, 0) is 19.3 Å². The van der Waals surface area contributed by atoms with Gasteiger partial charge in [-0.1, -0.05) is 13.3 Å². The first-order valence-electron chi connectivity index (χ1n) is 7.28. The maximum Gasteiger partial charge on any atom is 0.329 e. The fraction of sp³-hybridized carbons (Fsp3) is 0.571. The molecule has 1 fully saturated rings. The number of aromatic amines is 1. The summed E-state index contributed by atoms with van der Waals surface area (Å²) in [6.07, 6.45) is 3.11. The lowest BCUT2D eigenvalue weighted by Gasteiger charge is -2.22.